The number of carbonyl (C=O) groups excluding carboxylic acids is 1. The fraction of sp³-hybridized carbons (Fsp3) is 0.300. The van der Waals surface area contributed by atoms with E-state index in [-0.39, 0.29) is 17.1 Å². The minimum absolute atomic E-state index is 0.0739. The van der Waals surface area contributed by atoms with E-state index < -0.39 is 6.10 Å². The Morgan fingerprint density at radius 1 is 1.12 bits per heavy atom. The lowest BCUT2D eigenvalue weighted by Crippen LogP contribution is -2.33. The van der Waals surface area contributed by atoms with E-state index in [1.165, 1.54) is 11.8 Å². The van der Waals surface area contributed by atoms with Crippen molar-refractivity contribution in [2.45, 2.75) is 39.2 Å². The Kier molecular flexibility index (Phi) is 5.80. The monoisotopic (exact) mass is 340 g/mol. The fourth-order valence-electron chi connectivity index (χ4n) is 2.11. The van der Waals surface area contributed by atoms with Crippen LogP contribution in [-0.4, -0.2) is 23.3 Å². The Morgan fingerprint density at radius 3 is 2.28 bits per heavy atom. The van der Waals surface area contributed by atoms with E-state index in [1.54, 1.807) is 31.2 Å². The van der Waals surface area contributed by atoms with Gasteiger partial charge in [-0.1, -0.05) is 32.9 Å². The molecule has 25 heavy (non-hydrogen) atoms. The average molecular weight is 340 g/mol. The van der Waals surface area contributed by atoms with Crippen molar-refractivity contribution < 1.29 is 14.6 Å². The van der Waals surface area contributed by atoms with E-state index >= 15 is 0 Å². The van der Waals surface area contributed by atoms with E-state index in [2.05, 4.69) is 31.3 Å². The molecule has 0 saturated heterocycles. The van der Waals surface area contributed by atoms with Gasteiger partial charge < -0.3 is 9.84 Å². The third kappa shape index (κ3) is 5.64. The van der Waals surface area contributed by atoms with Gasteiger partial charge in [-0.15, -0.1) is 0 Å². The first kappa shape index (κ1) is 18.5. The minimum Gasteiger partial charge on any atom is -0.508 e. The quantitative estimate of drug-likeness (QED) is 0.645. The lowest BCUT2D eigenvalue weighted by molar-refractivity contribution is -0.127. The van der Waals surface area contributed by atoms with Crippen LogP contribution in [0, 0.1) is 0 Å². The van der Waals surface area contributed by atoms with Gasteiger partial charge in [0.15, 0.2) is 6.10 Å². The lowest BCUT2D eigenvalue weighted by Gasteiger charge is -2.19. The SMILES string of the molecule is CC(Oc1ccc(C(C)(C)C)cc1)C(=O)N/N=C/c1ccc(O)cc1. The van der Waals surface area contributed by atoms with Crippen LogP contribution in [0.5, 0.6) is 11.5 Å². The molecule has 2 rings (SSSR count). The zero-order valence-electron chi connectivity index (χ0n) is 15.0. The summed E-state index contributed by atoms with van der Waals surface area (Å²) in [4.78, 5) is 12.0. The first-order chi connectivity index (χ1) is 11.8. The van der Waals surface area contributed by atoms with E-state index in [0.717, 1.165) is 5.56 Å². The van der Waals surface area contributed by atoms with Gasteiger partial charge in [-0.3, -0.25) is 4.79 Å². The van der Waals surface area contributed by atoms with Gasteiger partial charge in [0, 0.05) is 0 Å². The molecule has 0 spiro atoms. The number of benzene rings is 2. The van der Waals surface area contributed by atoms with Crippen LogP contribution in [0.1, 0.15) is 38.8 Å². The number of amides is 1. The number of hydrogen-bond donors (Lipinski definition) is 2. The molecule has 0 heterocycles. The second kappa shape index (κ2) is 7.83. The Hall–Kier alpha value is -2.82. The van der Waals surface area contributed by atoms with Gasteiger partial charge in [-0.2, -0.15) is 5.10 Å². The number of hydrogen-bond acceptors (Lipinski definition) is 4. The van der Waals surface area contributed by atoms with Crippen LogP contribution in [-0.2, 0) is 10.2 Å². The minimum atomic E-state index is -0.669. The Labute approximate surface area is 148 Å². The van der Waals surface area contributed by atoms with Crippen molar-refractivity contribution >= 4 is 12.1 Å². The van der Waals surface area contributed by atoms with Crippen molar-refractivity contribution in [2.75, 3.05) is 0 Å². The van der Waals surface area contributed by atoms with Crippen molar-refractivity contribution in [3.05, 3.63) is 59.7 Å². The molecule has 2 N–H and O–H groups in total. The van der Waals surface area contributed by atoms with Gasteiger partial charge in [-0.05, 0) is 59.9 Å². The van der Waals surface area contributed by atoms with E-state index in [4.69, 9.17) is 4.74 Å². The number of ether oxygens (including phenoxy) is 1. The van der Waals surface area contributed by atoms with Gasteiger partial charge in [0.25, 0.3) is 5.91 Å². The molecule has 1 amide bonds. The summed E-state index contributed by atoms with van der Waals surface area (Å²) in [6.07, 6.45) is 0.833. The van der Waals surface area contributed by atoms with Gasteiger partial charge in [0.05, 0.1) is 6.21 Å². The number of aromatic hydroxyl groups is 1. The predicted octanol–water partition coefficient (Wildman–Crippen LogP) is 3.61. The number of carbonyl (C=O) groups is 1. The number of phenols is 1. The summed E-state index contributed by atoms with van der Waals surface area (Å²) in [5.41, 5.74) is 4.49. The molecule has 0 fully saturated rings. The maximum Gasteiger partial charge on any atom is 0.280 e. The summed E-state index contributed by atoms with van der Waals surface area (Å²) in [5, 5.41) is 13.1. The fourth-order valence-corrected chi connectivity index (χ4v) is 2.11. The highest BCUT2D eigenvalue weighted by molar-refractivity contribution is 5.84. The van der Waals surface area contributed by atoms with Crippen molar-refractivity contribution in [1.82, 2.24) is 5.43 Å². The number of hydrazone groups is 1. The van der Waals surface area contributed by atoms with Crippen LogP contribution in [0.4, 0.5) is 0 Å². The van der Waals surface area contributed by atoms with Gasteiger partial charge in [0.2, 0.25) is 0 Å². The normalized spacial score (nSPS) is 12.8. The van der Waals surface area contributed by atoms with Crippen molar-refractivity contribution in [2.24, 2.45) is 5.10 Å². The summed E-state index contributed by atoms with van der Waals surface area (Å²) in [6.45, 7) is 8.10. The van der Waals surface area contributed by atoms with Crippen LogP contribution < -0.4 is 10.2 Å². The zero-order chi connectivity index (χ0) is 18.4. The van der Waals surface area contributed by atoms with Gasteiger partial charge >= 0.3 is 0 Å². The molecule has 0 aliphatic heterocycles. The van der Waals surface area contributed by atoms with Crippen LogP contribution >= 0.6 is 0 Å². The lowest BCUT2D eigenvalue weighted by atomic mass is 9.87. The molecule has 132 valence electrons. The topological polar surface area (TPSA) is 70.9 Å². The molecule has 0 saturated carbocycles. The van der Waals surface area contributed by atoms with Crippen LogP contribution in [0.2, 0.25) is 0 Å². The Morgan fingerprint density at radius 2 is 1.72 bits per heavy atom. The maximum absolute atomic E-state index is 12.0. The molecule has 0 radical (unpaired) electrons. The summed E-state index contributed by atoms with van der Waals surface area (Å²) in [7, 11) is 0. The molecule has 1 atom stereocenters. The molecular formula is C20H24N2O3. The number of rotatable bonds is 5. The second-order valence-corrected chi connectivity index (χ2v) is 6.86. The molecule has 0 aliphatic carbocycles. The van der Waals surface area contributed by atoms with Crippen molar-refractivity contribution in [3.8, 4) is 11.5 Å². The van der Waals surface area contributed by atoms with Crippen molar-refractivity contribution in [3.63, 3.8) is 0 Å². The first-order valence-electron chi connectivity index (χ1n) is 8.15. The largest absolute Gasteiger partial charge is 0.508 e. The zero-order valence-corrected chi connectivity index (χ0v) is 15.0. The Bertz CT molecular complexity index is 729. The summed E-state index contributed by atoms with van der Waals surface area (Å²) < 4.78 is 5.64. The third-order valence-corrected chi connectivity index (χ3v) is 3.68. The standard InChI is InChI=1S/C20H24N2O3/c1-14(25-18-11-7-16(8-12-18)20(2,3)4)19(24)22-21-13-15-5-9-17(23)10-6-15/h5-14,23H,1-4H3,(H,22,24)/b21-13+. The molecule has 5 heteroatoms. The smallest absolute Gasteiger partial charge is 0.280 e. The molecule has 0 bridgehead atoms. The van der Waals surface area contributed by atoms with Crippen LogP contribution in [0.3, 0.4) is 0 Å². The van der Waals surface area contributed by atoms with Crippen LogP contribution in [0.15, 0.2) is 53.6 Å². The number of nitrogens with zero attached hydrogens (tertiary/aromatic N) is 1. The summed E-state index contributed by atoms with van der Waals surface area (Å²) in [6, 6.07) is 14.2. The maximum atomic E-state index is 12.0. The van der Waals surface area contributed by atoms with Crippen LogP contribution in [0.25, 0.3) is 0 Å². The highest BCUT2D eigenvalue weighted by Crippen LogP contribution is 2.24. The molecule has 0 aromatic heterocycles. The Balaban J connectivity index is 1.88. The molecule has 2 aromatic carbocycles. The van der Waals surface area contributed by atoms with Crippen molar-refractivity contribution in [1.29, 1.82) is 0 Å². The number of nitrogens with one attached hydrogen (secondary N) is 1. The van der Waals surface area contributed by atoms with Gasteiger partial charge in [0.1, 0.15) is 11.5 Å². The molecule has 1 unspecified atom stereocenters. The van der Waals surface area contributed by atoms with E-state index in [0.29, 0.717) is 5.75 Å². The highest BCUT2D eigenvalue weighted by Gasteiger charge is 2.16. The third-order valence-electron chi connectivity index (χ3n) is 3.68. The summed E-state index contributed by atoms with van der Waals surface area (Å²) in [5.74, 6) is 0.480. The average Bonchev–Trinajstić information content (AvgIpc) is 2.56. The molecule has 5 nitrogen and oxygen atoms in total. The second-order valence-electron chi connectivity index (χ2n) is 6.86. The van der Waals surface area contributed by atoms with Gasteiger partial charge in [-0.25, -0.2) is 5.43 Å². The number of phenolic OH excluding ortho intramolecular Hbond substituents is 1. The van der Waals surface area contributed by atoms with E-state index in [1.807, 2.05) is 24.3 Å². The predicted molar refractivity (Wildman–Crippen MR) is 99.1 cm³/mol. The molecular weight excluding hydrogens is 316 g/mol. The molecule has 2 aromatic rings. The summed E-state index contributed by atoms with van der Waals surface area (Å²) >= 11 is 0. The molecule has 0 aliphatic rings. The highest BCUT2D eigenvalue weighted by atomic mass is 16.5. The first-order valence-corrected chi connectivity index (χ1v) is 8.15. The van der Waals surface area contributed by atoms with E-state index in [9.17, 15) is 9.90 Å².